The SMILES string of the molecule is CCCCOC(=O)N1CCC[C@H](Nc2nccc(-c3cccnc3Oc3c(Cl)ccc(NS(=O)(=O)c4ccccc4Cl)c3F)n2)C1. The first-order valence-electron chi connectivity index (χ1n) is 14.6. The Morgan fingerprint density at radius 2 is 1.89 bits per heavy atom. The van der Waals surface area contributed by atoms with E-state index in [1.54, 1.807) is 35.4 Å². The summed E-state index contributed by atoms with van der Waals surface area (Å²) in [6.07, 6.45) is 6.02. The molecule has 0 saturated carbocycles. The molecule has 0 bridgehead atoms. The zero-order valence-corrected chi connectivity index (χ0v) is 27.1. The van der Waals surface area contributed by atoms with Crippen molar-refractivity contribution in [2.24, 2.45) is 0 Å². The maximum absolute atomic E-state index is 15.7. The summed E-state index contributed by atoms with van der Waals surface area (Å²) in [5.41, 5.74) is 0.413. The Labute approximate surface area is 276 Å². The summed E-state index contributed by atoms with van der Waals surface area (Å²) < 4.78 is 55.1. The number of aromatic nitrogens is 3. The zero-order chi connectivity index (χ0) is 32.7. The Morgan fingerprint density at radius 3 is 2.70 bits per heavy atom. The normalized spacial score (nSPS) is 14.9. The molecular formula is C31H31Cl2FN6O5S. The predicted octanol–water partition coefficient (Wildman–Crippen LogP) is 7.39. The molecule has 4 aromatic rings. The molecule has 2 aromatic heterocycles. The van der Waals surface area contributed by atoms with Crippen LogP contribution in [0.25, 0.3) is 11.3 Å². The minimum atomic E-state index is -4.24. The molecule has 2 aromatic carbocycles. The molecule has 11 nitrogen and oxygen atoms in total. The smallest absolute Gasteiger partial charge is 0.409 e. The van der Waals surface area contributed by atoms with Gasteiger partial charge in [-0.3, -0.25) is 4.72 Å². The topological polar surface area (TPSA) is 136 Å². The summed E-state index contributed by atoms with van der Waals surface area (Å²) in [4.78, 5) is 27.1. The van der Waals surface area contributed by atoms with Gasteiger partial charge in [0, 0.05) is 31.5 Å². The van der Waals surface area contributed by atoms with E-state index in [1.165, 1.54) is 36.5 Å². The number of sulfonamides is 1. The highest BCUT2D eigenvalue weighted by Gasteiger charge is 2.26. The van der Waals surface area contributed by atoms with Crippen LogP contribution in [0.15, 0.2) is 71.9 Å². The van der Waals surface area contributed by atoms with Crippen LogP contribution in [0.2, 0.25) is 10.0 Å². The third-order valence-electron chi connectivity index (χ3n) is 7.06. The van der Waals surface area contributed by atoms with Crippen LogP contribution in [0, 0.1) is 5.82 Å². The fourth-order valence-corrected chi connectivity index (χ4v) is 6.51. The molecule has 2 N–H and O–H groups in total. The summed E-state index contributed by atoms with van der Waals surface area (Å²) in [5, 5.41) is 3.15. The van der Waals surface area contributed by atoms with Crippen LogP contribution in [0.5, 0.6) is 11.6 Å². The minimum absolute atomic E-state index is 0.0246. The van der Waals surface area contributed by atoms with Crippen molar-refractivity contribution in [1.82, 2.24) is 19.9 Å². The molecule has 15 heteroatoms. The Morgan fingerprint density at radius 1 is 1.07 bits per heavy atom. The average molecular weight is 690 g/mol. The van der Waals surface area contributed by atoms with Gasteiger partial charge in [0.05, 0.1) is 33.6 Å². The summed E-state index contributed by atoms with van der Waals surface area (Å²) >= 11 is 12.4. The van der Waals surface area contributed by atoms with Gasteiger partial charge in [-0.25, -0.2) is 32.6 Å². The first kappa shape index (κ1) is 33.2. The number of hydrogen-bond donors (Lipinski definition) is 2. The first-order chi connectivity index (χ1) is 22.2. The molecule has 0 aliphatic carbocycles. The van der Waals surface area contributed by atoms with Gasteiger partial charge in [-0.1, -0.05) is 48.7 Å². The van der Waals surface area contributed by atoms with E-state index in [-0.39, 0.29) is 33.0 Å². The van der Waals surface area contributed by atoms with Crippen LogP contribution in [-0.4, -0.2) is 60.1 Å². The highest BCUT2D eigenvalue weighted by Crippen LogP contribution is 2.39. The number of nitrogens with one attached hydrogen (secondary N) is 2. The number of amides is 1. The summed E-state index contributed by atoms with van der Waals surface area (Å²) in [6, 6.07) is 13.1. The van der Waals surface area contributed by atoms with Gasteiger partial charge >= 0.3 is 6.09 Å². The number of carbonyl (C=O) groups excluding carboxylic acids is 1. The number of halogens is 3. The largest absolute Gasteiger partial charge is 0.449 e. The second kappa shape index (κ2) is 14.9. The van der Waals surface area contributed by atoms with Crippen LogP contribution in [0.3, 0.4) is 0 Å². The van der Waals surface area contributed by atoms with E-state index >= 15 is 4.39 Å². The van der Waals surface area contributed by atoms with Gasteiger partial charge in [0.15, 0.2) is 11.6 Å². The molecule has 1 amide bonds. The molecule has 242 valence electrons. The van der Waals surface area contributed by atoms with Crippen LogP contribution >= 0.6 is 23.2 Å². The van der Waals surface area contributed by atoms with E-state index in [9.17, 15) is 13.2 Å². The van der Waals surface area contributed by atoms with Crippen molar-refractivity contribution >= 4 is 51.0 Å². The van der Waals surface area contributed by atoms with Crippen molar-refractivity contribution in [3.63, 3.8) is 0 Å². The lowest BCUT2D eigenvalue weighted by molar-refractivity contribution is 0.0920. The van der Waals surface area contributed by atoms with Gasteiger partial charge in [0.1, 0.15) is 4.90 Å². The monoisotopic (exact) mass is 688 g/mol. The van der Waals surface area contributed by atoms with Crippen LogP contribution in [0.1, 0.15) is 32.6 Å². The van der Waals surface area contributed by atoms with E-state index < -0.39 is 27.3 Å². The average Bonchev–Trinajstić information content (AvgIpc) is 3.05. The number of likely N-dealkylation sites (tertiary alicyclic amines) is 1. The van der Waals surface area contributed by atoms with Gasteiger partial charge in [0.2, 0.25) is 11.8 Å². The fraction of sp³-hybridized carbons (Fsp3) is 0.290. The third kappa shape index (κ3) is 7.95. The fourth-order valence-electron chi connectivity index (χ4n) is 4.75. The lowest BCUT2D eigenvalue weighted by atomic mass is 10.1. The number of piperidine rings is 1. The van der Waals surface area contributed by atoms with Gasteiger partial charge in [0.25, 0.3) is 10.0 Å². The molecule has 0 radical (unpaired) electrons. The molecule has 1 atom stereocenters. The predicted molar refractivity (Wildman–Crippen MR) is 173 cm³/mol. The summed E-state index contributed by atoms with van der Waals surface area (Å²) in [5.74, 6) is -1.21. The molecule has 1 aliphatic heterocycles. The second-order valence-corrected chi connectivity index (χ2v) is 12.9. The molecule has 46 heavy (non-hydrogen) atoms. The van der Waals surface area contributed by atoms with E-state index in [4.69, 9.17) is 32.7 Å². The Bertz CT molecular complexity index is 1820. The number of nitrogens with zero attached hydrogens (tertiary/aromatic N) is 4. The number of pyridine rings is 1. The molecule has 5 rings (SSSR count). The van der Waals surface area contributed by atoms with Gasteiger partial charge in [-0.15, -0.1) is 0 Å². The Balaban J connectivity index is 1.35. The summed E-state index contributed by atoms with van der Waals surface area (Å²) in [7, 11) is -4.24. The Kier molecular flexibility index (Phi) is 10.8. The van der Waals surface area contributed by atoms with E-state index in [2.05, 4.69) is 25.0 Å². The molecule has 1 saturated heterocycles. The van der Waals surface area contributed by atoms with Gasteiger partial charge in [-0.05, 0) is 61.7 Å². The van der Waals surface area contributed by atoms with Crippen LogP contribution in [0.4, 0.5) is 20.8 Å². The number of rotatable bonds is 11. The third-order valence-corrected chi connectivity index (χ3v) is 9.22. The Hall–Kier alpha value is -4.20. The number of carbonyl (C=O) groups is 1. The van der Waals surface area contributed by atoms with Crippen molar-refractivity contribution in [3.8, 4) is 22.9 Å². The second-order valence-electron chi connectivity index (χ2n) is 10.4. The molecule has 0 unspecified atom stereocenters. The maximum Gasteiger partial charge on any atom is 0.409 e. The maximum atomic E-state index is 15.7. The molecular weight excluding hydrogens is 658 g/mol. The van der Waals surface area contributed by atoms with E-state index in [0.29, 0.717) is 36.9 Å². The lowest BCUT2D eigenvalue weighted by Crippen LogP contribution is -2.45. The van der Waals surface area contributed by atoms with Crippen LogP contribution in [-0.2, 0) is 14.8 Å². The van der Waals surface area contributed by atoms with Gasteiger partial charge in [-0.2, -0.15) is 0 Å². The first-order valence-corrected chi connectivity index (χ1v) is 16.8. The highest BCUT2D eigenvalue weighted by atomic mass is 35.5. The van der Waals surface area contributed by atoms with Gasteiger partial charge < -0.3 is 19.7 Å². The van der Waals surface area contributed by atoms with Crippen molar-refractivity contribution < 1.29 is 27.1 Å². The quantitative estimate of drug-likeness (QED) is 0.155. The number of ether oxygens (including phenoxy) is 2. The van der Waals surface area contributed by atoms with Crippen molar-refractivity contribution in [2.45, 2.75) is 43.5 Å². The van der Waals surface area contributed by atoms with Crippen molar-refractivity contribution in [2.75, 3.05) is 29.7 Å². The number of anilines is 2. The zero-order valence-electron chi connectivity index (χ0n) is 24.8. The van der Waals surface area contributed by atoms with E-state index in [1.807, 2.05) is 6.92 Å². The van der Waals surface area contributed by atoms with Crippen LogP contribution < -0.4 is 14.8 Å². The molecule has 0 spiro atoms. The standard InChI is InChI=1S/C31H31Cl2FN6O5S/c1-2-3-18-44-31(41)40-17-7-8-20(19-40)37-30-36-16-14-24(38-30)21-9-6-15-35-29(21)45-28-23(33)12-13-25(27(28)34)39-46(42,43)26-11-5-4-10-22(26)32/h4-6,9-16,20,39H,2-3,7-8,17-19H2,1H3,(H,36,37,38)/t20-/m0/s1. The number of unbranched alkanes of at least 4 members (excludes halogenated alkanes) is 1. The minimum Gasteiger partial charge on any atom is -0.449 e. The van der Waals surface area contributed by atoms with E-state index in [0.717, 1.165) is 25.7 Å². The molecule has 1 aliphatic rings. The lowest BCUT2D eigenvalue weighted by Gasteiger charge is -2.32. The summed E-state index contributed by atoms with van der Waals surface area (Å²) in [6.45, 7) is 3.48. The number of benzene rings is 2. The van der Waals surface area contributed by atoms with Crippen molar-refractivity contribution in [1.29, 1.82) is 0 Å². The van der Waals surface area contributed by atoms with Crippen molar-refractivity contribution in [3.05, 3.63) is 82.9 Å². The molecule has 3 heterocycles. The molecule has 1 fully saturated rings. The highest BCUT2D eigenvalue weighted by molar-refractivity contribution is 7.92. The number of hydrogen-bond acceptors (Lipinski definition) is 9.